The third-order valence-corrected chi connectivity index (χ3v) is 2.90. The second-order valence-corrected chi connectivity index (χ2v) is 4.09. The Morgan fingerprint density at radius 2 is 2.07 bits per heavy atom. The SMILES string of the molecule is O=C1CC[C@@H](COC2CCNCC2)N1. The van der Waals surface area contributed by atoms with Gasteiger partial charge in [-0.25, -0.2) is 0 Å². The van der Waals surface area contributed by atoms with Crippen molar-refractivity contribution in [2.75, 3.05) is 19.7 Å². The largest absolute Gasteiger partial charge is 0.376 e. The van der Waals surface area contributed by atoms with Crippen LogP contribution in [0.3, 0.4) is 0 Å². The number of hydrogen-bond acceptors (Lipinski definition) is 3. The number of rotatable bonds is 3. The monoisotopic (exact) mass is 198 g/mol. The molecule has 80 valence electrons. The molecule has 2 fully saturated rings. The Balaban J connectivity index is 1.63. The van der Waals surface area contributed by atoms with Crippen LogP contribution in [0.4, 0.5) is 0 Å². The molecule has 0 radical (unpaired) electrons. The standard InChI is InChI=1S/C10H18N2O2/c13-10-2-1-8(12-10)7-14-9-3-5-11-6-4-9/h8-9,11H,1-7H2,(H,12,13)/t8-/m0/s1. The van der Waals surface area contributed by atoms with E-state index >= 15 is 0 Å². The molecule has 0 saturated carbocycles. The summed E-state index contributed by atoms with van der Waals surface area (Å²) in [5.41, 5.74) is 0. The third kappa shape index (κ3) is 2.69. The lowest BCUT2D eigenvalue weighted by atomic mass is 10.1. The molecule has 2 saturated heterocycles. The number of ether oxygens (including phenoxy) is 1. The summed E-state index contributed by atoms with van der Waals surface area (Å²) in [7, 11) is 0. The van der Waals surface area contributed by atoms with E-state index in [9.17, 15) is 4.79 Å². The van der Waals surface area contributed by atoms with Crippen molar-refractivity contribution in [2.45, 2.75) is 37.8 Å². The molecule has 14 heavy (non-hydrogen) atoms. The van der Waals surface area contributed by atoms with E-state index in [0.29, 0.717) is 19.1 Å². The Labute approximate surface area is 84.4 Å². The summed E-state index contributed by atoms with van der Waals surface area (Å²) in [5, 5.41) is 6.21. The number of carbonyl (C=O) groups excluding carboxylic acids is 1. The number of carbonyl (C=O) groups is 1. The maximum Gasteiger partial charge on any atom is 0.220 e. The maximum absolute atomic E-state index is 10.9. The fourth-order valence-electron chi connectivity index (χ4n) is 2.02. The molecule has 2 rings (SSSR count). The van der Waals surface area contributed by atoms with Crippen LogP contribution in [0.15, 0.2) is 0 Å². The average Bonchev–Trinajstić information content (AvgIpc) is 2.63. The third-order valence-electron chi connectivity index (χ3n) is 2.90. The highest BCUT2D eigenvalue weighted by Gasteiger charge is 2.22. The molecule has 0 aromatic rings. The first-order valence-electron chi connectivity index (χ1n) is 5.46. The van der Waals surface area contributed by atoms with E-state index in [0.717, 1.165) is 32.4 Å². The van der Waals surface area contributed by atoms with Crippen LogP contribution >= 0.6 is 0 Å². The highest BCUT2D eigenvalue weighted by atomic mass is 16.5. The van der Waals surface area contributed by atoms with Crippen molar-refractivity contribution in [1.29, 1.82) is 0 Å². The number of nitrogens with one attached hydrogen (secondary N) is 2. The topological polar surface area (TPSA) is 50.4 Å². The van der Waals surface area contributed by atoms with Gasteiger partial charge in [-0.15, -0.1) is 0 Å². The lowest BCUT2D eigenvalue weighted by Gasteiger charge is -2.24. The Hall–Kier alpha value is -0.610. The second-order valence-electron chi connectivity index (χ2n) is 4.09. The molecule has 2 aliphatic rings. The van der Waals surface area contributed by atoms with Crippen molar-refractivity contribution >= 4 is 5.91 Å². The fourth-order valence-corrected chi connectivity index (χ4v) is 2.02. The molecule has 4 heteroatoms. The van der Waals surface area contributed by atoms with Crippen molar-refractivity contribution in [2.24, 2.45) is 0 Å². The Bertz CT molecular complexity index is 202. The van der Waals surface area contributed by atoms with E-state index < -0.39 is 0 Å². The summed E-state index contributed by atoms with van der Waals surface area (Å²) in [6, 6.07) is 0.261. The Kier molecular flexibility index (Phi) is 3.37. The zero-order valence-corrected chi connectivity index (χ0v) is 8.42. The molecule has 0 spiro atoms. The van der Waals surface area contributed by atoms with Gasteiger partial charge in [-0.2, -0.15) is 0 Å². The Morgan fingerprint density at radius 1 is 1.29 bits per heavy atom. The van der Waals surface area contributed by atoms with Crippen molar-refractivity contribution in [3.8, 4) is 0 Å². The first-order valence-corrected chi connectivity index (χ1v) is 5.46. The smallest absolute Gasteiger partial charge is 0.220 e. The molecular weight excluding hydrogens is 180 g/mol. The lowest BCUT2D eigenvalue weighted by Crippen LogP contribution is -2.36. The van der Waals surface area contributed by atoms with Crippen LogP contribution in [-0.2, 0) is 9.53 Å². The molecule has 2 N–H and O–H groups in total. The van der Waals surface area contributed by atoms with Crippen LogP contribution in [0, 0.1) is 0 Å². The molecule has 2 heterocycles. The molecule has 0 aromatic carbocycles. The van der Waals surface area contributed by atoms with Crippen LogP contribution in [0.1, 0.15) is 25.7 Å². The van der Waals surface area contributed by atoms with Crippen LogP contribution < -0.4 is 10.6 Å². The van der Waals surface area contributed by atoms with Crippen molar-refractivity contribution in [3.63, 3.8) is 0 Å². The summed E-state index contributed by atoms with van der Waals surface area (Å²) in [6.07, 6.45) is 4.19. The lowest BCUT2D eigenvalue weighted by molar-refractivity contribution is -0.119. The van der Waals surface area contributed by atoms with E-state index in [-0.39, 0.29) is 11.9 Å². The molecule has 4 nitrogen and oxygen atoms in total. The molecule has 0 bridgehead atoms. The summed E-state index contributed by atoms with van der Waals surface area (Å²) in [6.45, 7) is 2.81. The Morgan fingerprint density at radius 3 is 2.71 bits per heavy atom. The van der Waals surface area contributed by atoms with Gasteiger partial charge in [0.1, 0.15) is 0 Å². The van der Waals surface area contributed by atoms with Gasteiger partial charge in [-0.1, -0.05) is 0 Å². The minimum atomic E-state index is 0.170. The maximum atomic E-state index is 10.9. The van der Waals surface area contributed by atoms with Crippen molar-refractivity contribution < 1.29 is 9.53 Å². The summed E-state index contributed by atoms with van der Waals surface area (Å²) in [5.74, 6) is 0.170. The second kappa shape index (κ2) is 4.75. The quantitative estimate of drug-likeness (QED) is 0.673. The zero-order chi connectivity index (χ0) is 9.80. The van der Waals surface area contributed by atoms with Gasteiger partial charge in [0.25, 0.3) is 0 Å². The van der Waals surface area contributed by atoms with Gasteiger partial charge in [0.15, 0.2) is 0 Å². The van der Waals surface area contributed by atoms with Crippen molar-refractivity contribution in [3.05, 3.63) is 0 Å². The molecule has 1 atom stereocenters. The highest BCUT2D eigenvalue weighted by molar-refractivity contribution is 5.78. The van der Waals surface area contributed by atoms with E-state index in [1.165, 1.54) is 0 Å². The summed E-state index contributed by atoms with van der Waals surface area (Å²) < 4.78 is 5.76. The zero-order valence-electron chi connectivity index (χ0n) is 8.42. The summed E-state index contributed by atoms with van der Waals surface area (Å²) >= 11 is 0. The molecule has 2 aliphatic heterocycles. The predicted octanol–water partition coefficient (Wildman–Crippen LogP) is 0.0336. The normalized spacial score (nSPS) is 29.1. The number of hydrogen-bond donors (Lipinski definition) is 2. The molecule has 0 aromatic heterocycles. The number of amides is 1. The van der Waals surface area contributed by atoms with Crippen LogP contribution in [0.2, 0.25) is 0 Å². The van der Waals surface area contributed by atoms with E-state index in [2.05, 4.69) is 10.6 Å². The van der Waals surface area contributed by atoms with Gasteiger partial charge in [-0.3, -0.25) is 4.79 Å². The molecule has 1 amide bonds. The van der Waals surface area contributed by atoms with E-state index in [1.807, 2.05) is 0 Å². The minimum absolute atomic E-state index is 0.170. The van der Waals surface area contributed by atoms with Gasteiger partial charge in [-0.05, 0) is 32.4 Å². The fraction of sp³-hybridized carbons (Fsp3) is 0.900. The minimum Gasteiger partial charge on any atom is -0.376 e. The van der Waals surface area contributed by atoms with Gasteiger partial charge in [0, 0.05) is 6.42 Å². The first-order chi connectivity index (χ1) is 6.84. The molecule has 0 unspecified atom stereocenters. The van der Waals surface area contributed by atoms with Gasteiger partial charge >= 0.3 is 0 Å². The van der Waals surface area contributed by atoms with Crippen molar-refractivity contribution in [1.82, 2.24) is 10.6 Å². The first kappa shape index (κ1) is 9.93. The van der Waals surface area contributed by atoms with Gasteiger partial charge in [0.2, 0.25) is 5.91 Å². The highest BCUT2D eigenvalue weighted by Crippen LogP contribution is 2.11. The van der Waals surface area contributed by atoms with Crippen LogP contribution in [0.25, 0.3) is 0 Å². The summed E-state index contributed by atoms with van der Waals surface area (Å²) in [4.78, 5) is 10.9. The predicted molar refractivity (Wildman–Crippen MR) is 53.0 cm³/mol. The molecular formula is C10H18N2O2. The average molecular weight is 198 g/mol. The molecule has 0 aliphatic carbocycles. The van der Waals surface area contributed by atoms with E-state index in [1.54, 1.807) is 0 Å². The van der Waals surface area contributed by atoms with Crippen LogP contribution in [0.5, 0.6) is 0 Å². The van der Waals surface area contributed by atoms with Crippen LogP contribution in [-0.4, -0.2) is 37.7 Å². The van der Waals surface area contributed by atoms with Gasteiger partial charge in [0.05, 0.1) is 18.8 Å². The van der Waals surface area contributed by atoms with E-state index in [4.69, 9.17) is 4.74 Å². The van der Waals surface area contributed by atoms with Gasteiger partial charge < -0.3 is 15.4 Å². The number of piperidine rings is 1.